The van der Waals surface area contributed by atoms with E-state index in [1.54, 1.807) is 0 Å². The van der Waals surface area contributed by atoms with Crippen molar-refractivity contribution in [1.82, 2.24) is 5.32 Å². The molecule has 0 aliphatic carbocycles. The number of hydrogen-bond acceptors (Lipinski definition) is 2. The van der Waals surface area contributed by atoms with Crippen LogP contribution < -0.4 is 5.32 Å². The third-order valence-corrected chi connectivity index (χ3v) is 2.93. The standard InChI is InChI=1S/C10H11NS/c1-11-7-9-4-2-3-8-5-6-12-10(8)9/h2-6,11H,7H2,1H3. The number of rotatable bonds is 2. The van der Waals surface area contributed by atoms with Crippen molar-refractivity contribution in [2.24, 2.45) is 0 Å². The molecular formula is C10H11NS. The van der Waals surface area contributed by atoms with Gasteiger partial charge in [0, 0.05) is 11.2 Å². The molecule has 12 heavy (non-hydrogen) atoms. The van der Waals surface area contributed by atoms with Crippen LogP contribution in [-0.4, -0.2) is 7.05 Å². The Morgan fingerprint density at radius 1 is 1.33 bits per heavy atom. The number of thiophene rings is 1. The van der Waals surface area contributed by atoms with Crippen molar-refractivity contribution in [1.29, 1.82) is 0 Å². The molecule has 0 spiro atoms. The van der Waals surface area contributed by atoms with Gasteiger partial charge in [0.1, 0.15) is 0 Å². The maximum atomic E-state index is 3.17. The van der Waals surface area contributed by atoms with E-state index < -0.39 is 0 Å². The first kappa shape index (κ1) is 7.77. The second kappa shape index (κ2) is 3.25. The Morgan fingerprint density at radius 2 is 2.25 bits per heavy atom. The Hall–Kier alpha value is -0.860. The number of fused-ring (bicyclic) bond motifs is 1. The van der Waals surface area contributed by atoms with Crippen molar-refractivity contribution in [3.8, 4) is 0 Å². The van der Waals surface area contributed by atoms with Crippen LogP contribution in [0.5, 0.6) is 0 Å². The third-order valence-electron chi connectivity index (χ3n) is 1.93. The molecule has 0 saturated heterocycles. The molecule has 1 aromatic heterocycles. The van der Waals surface area contributed by atoms with E-state index in [0.29, 0.717) is 0 Å². The largest absolute Gasteiger partial charge is 0.316 e. The summed E-state index contributed by atoms with van der Waals surface area (Å²) >= 11 is 1.81. The van der Waals surface area contributed by atoms with Gasteiger partial charge in [-0.1, -0.05) is 18.2 Å². The molecule has 1 heterocycles. The summed E-state index contributed by atoms with van der Waals surface area (Å²) in [6.45, 7) is 0.956. The van der Waals surface area contributed by atoms with E-state index in [1.807, 2.05) is 18.4 Å². The van der Waals surface area contributed by atoms with Gasteiger partial charge in [-0.25, -0.2) is 0 Å². The molecule has 1 nitrogen and oxygen atoms in total. The molecule has 0 atom stereocenters. The van der Waals surface area contributed by atoms with Crippen LogP contribution in [0.15, 0.2) is 29.6 Å². The fourth-order valence-electron chi connectivity index (χ4n) is 1.38. The molecule has 2 rings (SSSR count). The minimum atomic E-state index is 0.956. The molecule has 0 bridgehead atoms. The van der Waals surface area contributed by atoms with Crippen molar-refractivity contribution in [3.63, 3.8) is 0 Å². The number of nitrogens with one attached hydrogen (secondary N) is 1. The van der Waals surface area contributed by atoms with Crippen molar-refractivity contribution in [2.75, 3.05) is 7.05 Å². The molecule has 0 saturated carbocycles. The Balaban J connectivity index is 2.57. The first-order valence-electron chi connectivity index (χ1n) is 4.01. The van der Waals surface area contributed by atoms with Crippen LogP contribution >= 0.6 is 11.3 Å². The van der Waals surface area contributed by atoms with Gasteiger partial charge in [0.15, 0.2) is 0 Å². The summed E-state index contributed by atoms with van der Waals surface area (Å²) in [6, 6.07) is 8.61. The molecule has 0 aliphatic heterocycles. The predicted octanol–water partition coefficient (Wildman–Crippen LogP) is 2.62. The van der Waals surface area contributed by atoms with Gasteiger partial charge < -0.3 is 5.32 Å². The van der Waals surface area contributed by atoms with Crippen molar-refractivity contribution in [2.45, 2.75) is 6.54 Å². The first-order chi connectivity index (χ1) is 5.92. The Kier molecular flexibility index (Phi) is 2.11. The SMILES string of the molecule is CNCc1cccc2ccsc12. The van der Waals surface area contributed by atoms with E-state index in [0.717, 1.165) is 6.54 Å². The molecule has 0 radical (unpaired) electrons. The summed E-state index contributed by atoms with van der Waals surface area (Å²) in [5.41, 5.74) is 1.39. The van der Waals surface area contributed by atoms with E-state index in [2.05, 4.69) is 35.0 Å². The first-order valence-corrected chi connectivity index (χ1v) is 4.89. The molecule has 0 amide bonds. The summed E-state index contributed by atoms with van der Waals surface area (Å²) in [7, 11) is 1.98. The van der Waals surface area contributed by atoms with Crippen LogP contribution in [0.1, 0.15) is 5.56 Å². The van der Waals surface area contributed by atoms with Gasteiger partial charge in [-0.2, -0.15) is 0 Å². The second-order valence-corrected chi connectivity index (χ2v) is 3.70. The summed E-state index contributed by atoms with van der Waals surface area (Å²) in [5.74, 6) is 0. The molecule has 2 heteroatoms. The van der Waals surface area contributed by atoms with Gasteiger partial charge in [0.05, 0.1) is 0 Å². The zero-order valence-corrected chi connectivity index (χ0v) is 7.82. The molecular weight excluding hydrogens is 166 g/mol. The minimum Gasteiger partial charge on any atom is -0.316 e. The van der Waals surface area contributed by atoms with Crippen LogP contribution in [0.3, 0.4) is 0 Å². The van der Waals surface area contributed by atoms with Gasteiger partial charge in [-0.05, 0) is 29.4 Å². The highest BCUT2D eigenvalue weighted by Gasteiger charge is 1.99. The van der Waals surface area contributed by atoms with E-state index >= 15 is 0 Å². The zero-order chi connectivity index (χ0) is 8.39. The molecule has 0 fully saturated rings. The highest BCUT2D eigenvalue weighted by atomic mass is 32.1. The normalized spacial score (nSPS) is 10.8. The van der Waals surface area contributed by atoms with Crippen molar-refractivity contribution < 1.29 is 0 Å². The average molecular weight is 177 g/mol. The van der Waals surface area contributed by atoms with Crippen LogP contribution in [0.2, 0.25) is 0 Å². The van der Waals surface area contributed by atoms with Crippen LogP contribution in [0.25, 0.3) is 10.1 Å². The lowest BCUT2D eigenvalue weighted by Crippen LogP contribution is -2.04. The Morgan fingerprint density at radius 3 is 3.08 bits per heavy atom. The molecule has 1 N–H and O–H groups in total. The van der Waals surface area contributed by atoms with Gasteiger partial charge in [0.25, 0.3) is 0 Å². The van der Waals surface area contributed by atoms with E-state index in [4.69, 9.17) is 0 Å². The van der Waals surface area contributed by atoms with Crippen LogP contribution in [-0.2, 0) is 6.54 Å². The highest BCUT2D eigenvalue weighted by molar-refractivity contribution is 7.17. The third kappa shape index (κ3) is 1.24. The fraction of sp³-hybridized carbons (Fsp3) is 0.200. The maximum Gasteiger partial charge on any atom is 0.0387 e. The van der Waals surface area contributed by atoms with Crippen LogP contribution in [0, 0.1) is 0 Å². The van der Waals surface area contributed by atoms with E-state index in [-0.39, 0.29) is 0 Å². The minimum absolute atomic E-state index is 0.956. The van der Waals surface area contributed by atoms with Gasteiger partial charge >= 0.3 is 0 Å². The van der Waals surface area contributed by atoms with Gasteiger partial charge in [-0.15, -0.1) is 11.3 Å². The monoisotopic (exact) mass is 177 g/mol. The zero-order valence-electron chi connectivity index (χ0n) is 7.00. The quantitative estimate of drug-likeness (QED) is 0.743. The molecule has 0 aliphatic rings. The summed E-state index contributed by atoms with van der Waals surface area (Å²) in [6.07, 6.45) is 0. The lowest BCUT2D eigenvalue weighted by atomic mass is 10.2. The summed E-state index contributed by atoms with van der Waals surface area (Å²) < 4.78 is 1.41. The van der Waals surface area contributed by atoms with Gasteiger partial charge in [0.2, 0.25) is 0 Å². The lowest BCUT2D eigenvalue weighted by molar-refractivity contribution is 0.825. The number of benzene rings is 1. The van der Waals surface area contributed by atoms with Gasteiger partial charge in [-0.3, -0.25) is 0 Å². The lowest BCUT2D eigenvalue weighted by Gasteiger charge is -2.00. The number of hydrogen-bond donors (Lipinski definition) is 1. The smallest absolute Gasteiger partial charge is 0.0387 e. The predicted molar refractivity (Wildman–Crippen MR) is 54.6 cm³/mol. The molecule has 62 valence electrons. The fourth-order valence-corrected chi connectivity index (χ4v) is 2.30. The van der Waals surface area contributed by atoms with E-state index in [1.165, 1.54) is 15.6 Å². The van der Waals surface area contributed by atoms with Crippen LogP contribution in [0.4, 0.5) is 0 Å². The maximum absolute atomic E-state index is 3.17. The van der Waals surface area contributed by atoms with E-state index in [9.17, 15) is 0 Å². The highest BCUT2D eigenvalue weighted by Crippen LogP contribution is 2.24. The van der Waals surface area contributed by atoms with Crippen molar-refractivity contribution >= 4 is 21.4 Å². The summed E-state index contributed by atoms with van der Waals surface area (Å²) in [5, 5.41) is 6.67. The topological polar surface area (TPSA) is 12.0 Å². The Bertz CT molecular complexity index is 378. The molecule has 2 aromatic rings. The molecule has 1 aromatic carbocycles. The van der Waals surface area contributed by atoms with Crippen molar-refractivity contribution in [3.05, 3.63) is 35.2 Å². The average Bonchev–Trinajstić information content (AvgIpc) is 2.53. The Labute approximate surface area is 76.0 Å². The summed E-state index contributed by atoms with van der Waals surface area (Å²) in [4.78, 5) is 0. The molecule has 0 unspecified atom stereocenters. The second-order valence-electron chi connectivity index (χ2n) is 2.79.